The number of anilines is 1. The molecule has 0 bridgehead atoms. The Morgan fingerprint density at radius 1 is 1.47 bits per heavy atom. The van der Waals surface area contributed by atoms with Crippen LogP contribution in [0.3, 0.4) is 0 Å². The van der Waals surface area contributed by atoms with Gasteiger partial charge in [-0.25, -0.2) is 8.78 Å². The van der Waals surface area contributed by atoms with Gasteiger partial charge in [0.25, 0.3) is 5.69 Å². The number of rotatable bonds is 4. The Kier molecular flexibility index (Phi) is 3.36. The summed E-state index contributed by atoms with van der Waals surface area (Å²) in [7, 11) is 1.65. The first-order chi connectivity index (χ1) is 8.97. The third kappa shape index (κ3) is 2.81. The number of hydrogen-bond donors (Lipinski definition) is 1. The second-order valence-corrected chi connectivity index (χ2v) is 3.78. The summed E-state index contributed by atoms with van der Waals surface area (Å²) < 4.78 is 27.9. The predicted octanol–water partition coefficient (Wildman–Crippen LogP) is 1.61. The van der Waals surface area contributed by atoms with Gasteiger partial charge in [-0.1, -0.05) is 5.21 Å². The normalized spacial score (nSPS) is 10.5. The molecule has 0 aliphatic heterocycles. The Bertz CT molecular complexity index is 628. The molecular formula is C10H9F2N5O2. The summed E-state index contributed by atoms with van der Waals surface area (Å²) in [4.78, 5) is 9.89. The van der Waals surface area contributed by atoms with Gasteiger partial charge in [0.2, 0.25) is 0 Å². The SMILES string of the molecule is Cn1cc(CNc2c(F)cc(F)cc2[N+](=O)[O-])nn1. The lowest BCUT2D eigenvalue weighted by atomic mass is 10.2. The molecule has 1 heterocycles. The Hall–Kier alpha value is -2.58. The molecule has 100 valence electrons. The summed E-state index contributed by atoms with van der Waals surface area (Å²) in [5.74, 6) is -2.04. The van der Waals surface area contributed by atoms with E-state index in [1.807, 2.05) is 0 Å². The number of aromatic nitrogens is 3. The van der Waals surface area contributed by atoms with E-state index in [0.29, 0.717) is 17.8 Å². The number of halogens is 2. The van der Waals surface area contributed by atoms with Crippen LogP contribution in [0.25, 0.3) is 0 Å². The van der Waals surface area contributed by atoms with Crippen molar-refractivity contribution in [2.45, 2.75) is 6.54 Å². The van der Waals surface area contributed by atoms with Crippen molar-refractivity contribution in [2.75, 3.05) is 5.32 Å². The van der Waals surface area contributed by atoms with E-state index in [1.54, 1.807) is 13.2 Å². The van der Waals surface area contributed by atoms with Crippen molar-refractivity contribution < 1.29 is 13.7 Å². The lowest BCUT2D eigenvalue weighted by molar-refractivity contribution is -0.384. The van der Waals surface area contributed by atoms with Gasteiger partial charge in [0.05, 0.1) is 17.5 Å². The van der Waals surface area contributed by atoms with E-state index in [-0.39, 0.29) is 12.2 Å². The minimum absolute atomic E-state index is 0.0389. The fourth-order valence-electron chi connectivity index (χ4n) is 1.53. The van der Waals surface area contributed by atoms with Crippen molar-refractivity contribution in [3.8, 4) is 0 Å². The molecule has 0 saturated carbocycles. The summed E-state index contributed by atoms with van der Waals surface area (Å²) in [5.41, 5.74) is -0.570. The fraction of sp³-hybridized carbons (Fsp3) is 0.200. The highest BCUT2D eigenvalue weighted by molar-refractivity contribution is 5.62. The first-order valence-electron chi connectivity index (χ1n) is 5.20. The van der Waals surface area contributed by atoms with E-state index in [4.69, 9.17) is 0 Å². The van der Waals surface area contributed by atoms with Gasteiger partial charge >= 0.3 is 0 Å². The molecule has 1 aromatic heterocycles. The van der Waals surface area contributed by atoms with Crippen LogP contribution in [0.5, 0.6) is 0 Å². The molecule has 0 spiro atoms. The van der Waals surface area contributed by atoms with Gasteiger partial charge in [0.1, 0.15) is 17.2 Å². The van der Waals surface area contributed by atoms with E-state index < -0.39 is 22.2 Å². The van der Waals surface area contributed by atoms with Gasteiger partial charge in [-0.2, -0.15) is 0 Å². The third-order valence-electron chi connectivity index (χ3n) is 2.33. The van der Waals surface area contributed by atoms with Crippen LogP contribution in [0.2, 0.25) is 0 Å². The molecule has 0 atom stereocenters. The molecule has 7 nitrogen and oxygen atoms in total. The summed E-state index contributed by atoms with van der Waals surface area (Å²) in [6.07, 6.45) is 1.57. The molecule has 0 radical (unpaired) electrons. The monoisotopic (exact) mass is 269 g/mol. The second-order valence-electron chi connectivity index (χ2n) is 3.78. The molecule has 19 heavy (non-hydrogen) atoms. The summed E-state index contributed by atoms with van der Waals surface area (Å²) in [5, 5.41) is 20.7. The molecular weight excluding hydrogens is 260 g/mol. The zero-order valence-corrected chi connectivity index (χ0v) is 9.80. The first-order valence-corrected chi connectivity index (χ1v) is 5.20. The van der Waals surface area contributed by atoms with Gasteiger partial charge in [-0.3, -0.25) is 14.8 Å². The molecule has 2 aromatic rings. The maximum Gasteiger partial charge on any atom is 0.298 e. The van der Waals surface area contributed by atoms with Crippen LogP contribution in [-0.2, 0) is 13.6 Å². The van der Waals surface area contributed by atoms with Crippen LogP contribution < -0.4 is 5.32 Å². The highest BCUT2D eigenvalue weighted by Gasteiger charge is 2.20. The smallest absolute Gasteiger partial charge is 0.298 e. The zero-order chi connectivity index (χ0) is 14.0. The molecule has 1 aromatic carbocycles. The summed E-state index contributed by atoms with van der Waals surface area (Å²) in [6.45, 7) is 0.0389. The number of benzene rings is 1. The molecule has 0 aliphatic carbocycles. The van der Waals surface area contributed by atoms with Gasteiger partial charge in [-0.05, 0) is 0 Å². The summed E-state index contributed by atoms with van der Waals surface area (Å²) in [6, 6.07) is 1.23. The fourth-order valence-corrected chi connectivity index (χ4v) is 1.53. The molecule has 2 rings (SSSR count). The average molecular weight is 269 g/mol. The molecule has 1 N–H and O–H groups in total. The lowest BCUT2D eigenvalue weighted by Gasteiger charge is -2.06. The van der Waals surface area contributed by atoms with Gasteiger partial charge in [0, 0.05) is 19.3 Å². The van der Waals surface area contributed by atoms with Crippen LogP contribution in [0, 0.1) is 21.7 Å². The van der Waals surface area contributed by atoms with Gasteiger partial charge in [-0.15, -0.1) is 5.10 Å². The number of nitrogens with one attached hydrogen (secondary N) is 1. The van der Waals surface area contributed by atoms with Crippen molar-refractivity contribution in [1.82, 2.24) is 15.0 Å². The lowest BCUT2D eigenvalue weighted by Crippen LogP contribution is -2.06. The molecule has 0 unspecified atom stereocenters. The number of nitro groups is 1. The Morgan fingerprint density at radius 3 is 2.79 bits per heavy atom. The average Bonchev–Trinajstić information content (AvgIpc) is 2.73. The minimum Gasteiger partial charge on any atom is -0.371 e. The van der Waals surface area contributed by atoms with Crippen LogP contribution in [0.15, 0.2) is 18.3 Å². The third-order valence-corrected chi connectivity index (χ3v) is 2.33. The van der Waals surface area contributed by atoms with Gasteiger partial charge < -0.3 is 5.32 Å². The van der Waals surface area contributed by atoms with Crippen molar-refractivity contribution in [2.24, 2.45) is 7.05 Å². The van der Waals surface area contributed by atoms with Crippen LogP contribution >= 0.6 is 0 Å². The van der Waals surface area contributed by atoms with Crippen molar-refractivity contribution in [1.29, 1.82) is 0 Å². The minimum atomic E-state index is -1.03. The van der Waals surface area contributed by atoms with Crippen LogP contribution in [0.4, 0.5) is 20.2 Å². The molecule has 0 aliphatic rings. The quantitative estimate of drug-likeness (QED) is 0.673. The van der Waals surface area contributed by atoms with Crippen LogP contribution in [-0.4, -0.2) is 19.9 Å². The van der Waals surface area contributed by atoms with E-state index >= 15 is 0 Å². The van der Waals surface area contributed by atoms with E-state index in [2.05, 4.69) is 15.6 Å². The van der Waals surface area contributed by atoms with E-state index in [1.165, 1.54) is 4.68 Å². The molecule has 0 fully saturated rings. The maximum atomic E-state index is 13.5. The number of nitrogens with zero attached hydrogens (tertiary/aromatic N) is 4. The maximum absolute atomic E-state index is 13.5. The summed E-state index contributed by atoms with van der Waals surface area (Å²) >= 11 is 0. The zero-order valence-electron chi connectivity index (χ0n) is 9.80. The Morgan fingerprint density at radius 2 is 2.21 bits per heavy atom. The second kappa shape index (κ2) is 4.96. The largest absolute Gasteiger partial charge is 0.371 e. The molecule has 0 amide bonds. The Labute approximate surface area is 106 Å². The standard InChI is InChI=1S/C10H9F2N5O2/c1-16-5-7(14-15-16)4-13-10-8(12)2-6(11)3-9(10)17(18)19/h2-3,5,13H,4H2,1H3. The van der Waals surface area contributed by atoms with Crippen molar-refractivity contribution in [3.63, 3.8) is 0 Å². The predicted molar refractivity (Wildman–Crippen MR) is 61.3 cm³/mol. The van der Waals surface area contributed by atoms with Crippen LogP contribution in [0.1, 0.15) is 5.69 Å². The first kappa shape index (κ1) is 12.9. The van der Waals surface area contributed by atoms with E-state index in [0.717, 1.165) is 0 Å². The highest BCUT2D eigenvalue weighted by Crippen LogP contribution is 2.28. The molecule has 0 saturated heterocycles. The Balaban J connectivity index is 2.26. The van der Waals surface area contributed by atoms with E-state index in [9.17, 15) is 18.9 Å². The number of nitro benzene ring substituents is 1. The van der Waals surface area contributed by atoms with Crippen molar-refractivity contribution >= 4 is 11.4 Å². The topological polar surface area (TPSA) is 85.9 Å². The van der Waals surface area contributed by atoms with Crippen molar-refractivity contribution in [3.05, 3.63) is 45.8 Å². The number of aryl methyl sites for hydroxylation is 1. The molecule has 9 heteroatoms. The number of hydrogen-bond acceptors (Lipinski definition) is 5. The highest BCUT2D eigenvalue weighted by atomic mass is 19.1. The van der Waals surface area contributed by atoms with Gasteiger partial charge in [0.15, 0.2) is 5.82 Å².